The van der Waals surface area contributed by atoms with Gasteiger partial charge in [0.1, 0.15) is 5.78 Å². The number of Topliss-reactive ketones (excluding diaryl/α,β-unsaturated/α-hetero) is 1. The molecular formula is C15H19F2N3OS. The fourth-order valence-electron chi connectivity index (χ4n) is 2.84. The van der Waals surface area contributed by atoms with Crippen LogP contribution in [0, 0.1) is 17.6 Å². The maximum Gasteiger partial charge on any atom is 0.164 e. The quantitative estimate of drug-likeness (QED) is 0.818. The molecule has 1 aromatic carbocycles. The van der Waals surface area contributed by atoms with Crippen molar-refractivity contribution in [2.45, 2.75) is 38.0 Å². The second-order valence-corrected chi connectivity index (χ2v) is 7.42. The summed E-state index contributed by atoms with van der Waals surface area (Å²) >= 11 is 1.15. The number of carbonyl (C=O) groups excluding carboxylic acids is 1. The minimum absolute atomic E-state index is 0.00762. The van der Waals surface area contributed by atoms with Crippen molar-refractivity contribution in [3.63, 3.8) is 0 Å². The number of ketones is 1. The van der Waals surface area contributed by atoms with Crippen LogP contribution >= 0.6 is 11.8 Å². The molecule has 7 heteroatoms. The van der Waals surface area contributed by atoms with E-state index in [1.165, 1.54) is 13.0 Å². The minimum atomic E-state index is -1.18. The van der Waals surface area contributed by atoms with Crippen LogP contribution in [0.1, 0.15) is 33.3 Å². The van der Waals surface area contributed by atoms with E-state index >= 15 is 0 Å². The maximum absolute atomic E-state index is 14.3. The molecule has 0 spiro atoms. The third-order valence-corrected chi connectivity index (χ3v) is 5.99. The van der Waals surface area contributed by atoms with Gasteiger partial charge in [0.25, 0.3) is 0 Å². The molecule has 2 rings (SSSR count). The number of amidine groups is 1. The zero-order valence-corrected chi connectivity index (χ0v) is 13.7. The number of nitrogen functional groups attached to an aromatic ring is 1. The molecule has 1 aromatic rings. The highest BCUT2D eigenvalue weighted by molar-refractivity contribution is 8.15. The Labute approximate surface area is 132 Å². The Hall–Kier alpha value is -1.63. The molecule has 0 bridgehead atoms. The van der Waals surface area contributed by atoms with Gasteiger partial charge in [-0.25, -0.2) is 8.78 Å². The predicted molar refractivity (Wildman–Crippen MR) is 85.6 cm³/mol. The van der Waals surface area contributed by atoms with Crippen LogP contribution in [0.2, 0.25) is 0 Å². The van der Waals surface area contributed by atoms with E-state index in [0.29, 0.717) is 0 Å². The van der Waals surface area contributed by atoms with Crippen LogP contribution in [0.25, 0.3) is 0 Å². The van der Waals surface area contributed by atoms with Crippen LogP contribution in [0.3, 0.4) is 0 Å². The highest BCUT2D eigenvalue weighted by atomic mass is 32.2. The Morgan fingerprint density at radius 1 is 1.32 bits per heavy atom. The lowest BCUT2D eigenvalue weighted by Gasteiger charge is -2.46. The number of carbonyl (C=O) groups is 1. The number of nitrogens with zero attached hydrogens (tertiary/aromatic N) is 1. The van der Waals surface area contributed by atoms with E-state index in [1.807, 2.05) is 0 Å². The number of hydrogen-bond acceptors (Lipinski definition) is 5. The monoisotopic (exact) mass is 327 g/mol. The highest BCUT2D eigenvalue weighted by Crippen LogP contribution is 2.50. The zero-order valence-electron chi connectivity index (χ0n) is 12.9. The second kappa shape index (κ2) is 5.22. The van der Waals surface area contributed by atoms with Crippen molar-refractivity contribution in [1.29, 1.82) is 0 Å². The van der Waals surface area contributed by atoms with Gasteiger partial charge in [-0.15, -0.1) is 0 Å². The van der Waals surface area contributed by atoms with E-state index in [1.54, 1.807) is 20.8 Å². The topological polar surface area (TPSA) is 81.5 Å². The summed E-state index contributed by atoms with van der Waals surface area (Å²) in [5.74, 6) is -2.57. The van der Waals surface area contributed by atoms with Gasteiger partial charge in [0.05, 0.1) is 10.3 Å². The van der Waals surface area contributed by atoms with Crippen LogP contribution in [-0.4, -0.2) is 15.7 Å². The Kier molecular flexibility index (Phi) is 3.97. The van der Waals surface area contributed by atoms with Crippen LogP contribution < -0.4 is 11.5 Å². The highest BCUT2D eigenvalue weighted by Gasteiger charge is 2.52. The first-order chi connectivity index (χ1) is 10.0. The maximum atomic E-state index is 14.3. The molecule has 120 valence electrons. The van der Waals surface area contributed by atoms with Crippen molar-refractivity contribution in [2.24, 2.45) is 16.6 Å². The average molecular weight is 327 g/mol. The standard InChI is InChI=1S/C15H19F2N3OS/c1-7-14(3,10-5-9(18)6-11(16)12(10)17)20-13(19)22-15(7,4)8(2)21/h5-7H,18H2,1-4H3,(H2,19,20)/t7-,14-,15-/m0/s1. The molecule has 1 aliphatic rings. The van der Waals surface area contributed by atoms with E-state index < -0.39 is 27.8 Å². The van der Waals surface area contributed by atoms with Crippen LogP contribution in [-0.2, 0) is 10.3 Å². The molecule has 22 heavy (non-hydrogen) atoms. The van der Waals surface area contributed by atoms with Crippen molar-refractivity contribution in [3.05, 3.63) is 29.3 Å². The van der Waals surface area contributed by atoms with Crippen LogP contribution in [0.4, 0.5) is 14.5 Å². The van der Waals surface area contributed by atoms with Crippen molar-refractivity contribution in [1.82, 2.24) is 0 Å². The van der Waals surface area contributed by atoms with Crippen molar-refractivity contribution >= 4 is 28.4 Å². The number of benzene rings is 1. The summed E-state index contributed by atoms with van der Waals surface area (Å²) in [6, 6.07) is 2.27. The molecule has 1 heterocycles. The molecule has 0 aliphatic carbocycles. The fourth-order valence-corrected chi connectivity index (χ4v) is 4.06. The Bertz CT molecular complexity index is 679. The lowest BCUT2D eigenvalue weighted by Crippen LogP contribution is -2.52. The van der Waals surface area contributed by atoms with Crippen molar-refractivity contribution in [2.75, 3.05) is 5.73 Å². The first kappa shape index (κ1) is 16.7. The second-order valence-electron chi connectivity index (χ2n) is 5.95. The molecular weight excluding hydrogens is 308 g/mol. The summed E-state index contributed by atoms with van der Waals surface area (Å²) in [5, 5.41) is 0.167. The smallest absolute Gasteiger partial charge is 0.164 e. The van der Waals surface area contributed by atoms with Gasteiger partial charge in [0.15, 0.2) is 16.8 Å². The molecule has 0 saturated heterocycles. The SMILES string of the molecule is CC(=O)[C@@]1(C)SC(N)=N[C@](C)(c2cc(N)cc(F)c2F)[C@@H]1C. The molecule has 0 amide bonds. The zero-order chi connectivity index (χ0) is 16.9. The average Bonchev–Trinajstić information content (AvgIpc) is 2.39. The van der Waals surface area contributed by atoms with Gasteiger partial charge in [-0.3, -0.25) is 9.79 Å². The van der Waals surface area contributed by atoms with Crippen molar-refractivity contribution in [3.8, 4) is 0 Å². The summed E-state index contributed by atoms with van der Waals surface area (Å²) in [7, 11) is 0. The Morgan fingerprint density at radius 2 is 1.91 bits per heavy atom. The van der Waals surface area contributed by atoms with Gasteiger partial charge in [0, 0.05) is 17.2 Å². The first-order valence-corrected chi connectivity index (χ1v) is 7.64. The molecule has 0 aromatic heterocycles. The van der Waals surface area contributed by atoms with E-state index in [0.717, 1.165) is 17.8 Å². The third kappa shape index (κ3) is 2.37. The number of aliphatic imine (C=N–C) groups is 1. The molecule has 3 atom stereocenters. The van der Waals surface area contributed by atoms with Gasteiger partial charge in [-0.05, 0) is 32.9 Å². The molecule has 1 aliphatic heterocycles. The van der Waals surface area contributed by atoms with Gasteiger partial charge >= 0.3 is 0 Å². The minimum Gasteiger partial charge on any atom is -0.399 e. The number of anilines is 1. The molecule has 0 radical (unpaired) electrons. The molecule has 4 N–H and O–H groups in total. The van der Waals surface area contributed by atoms with Crippen LogP contribution in [0.5, 0.6) is 0 Å². The molecule has 4 nitrogen and oxygen atoms in total. The lowest BCUT2D eigenvalue weighted by atomic mass is 9.72. The van der Waals surface area contributed by atoms with Gasteiger partial charge in [-0.2, -0.15) is 0 Å². The van der Waals surface area contributed by atoms with E-state index in [9.17, 15) is 13.6 Å². The number of thioether (sulfide) groups is 1. The molecule has 0 unspecified atom stereocenters. The Balaban J connectivity index is 2.72. The number of rotatable bonds is 2. The number of hydrogen-bond donors (Lipinski definition) is 2. The summed E-state index contributed by atoms with van der Waals surface area (Å²) in [4.78, 5) is 16.4. The van der Waals surface area contributed by atoms with E-state index in [-0.39, 0.29) is 22.2 Å². The predicted octanol–water partition coefficient (Wildman–Crippen LogP) is 2.81. The van der Waals surface area contributed by atoms with E-state index in [2.05, 4.69) is 4.99 Å². The van der Waals surface area contributed by atoms with E-state index in [4.69, 9.17) is 11.5 Å². The lowest BCUT2D eigenvalue weighted by molar-refractivity contribution is -0.120. The van der Waals surface area contributed by atoms with Gasteiger partial charge < -0.3 is 11.5 Å². The number of halogens is 2. The normalized spacial score (nSPS) is 31.7. The van der Waals surface area contributed by atoms with Crippen LogP contribution in [0.15, 0.2) is 17.1 Å². The first-order valence-electron chi connectivity index (χ1n) is 6.82. The summed E-state index contributed by atoms with van der Waals surface area (Å²) in [6.45, 7) is 6.62. The van der Waals surface area contributed by atoms with Gasteiger partial charge in [-0.1, -0.05) is 18.7 Å². The summed E-state index contributed by atoms with van der Waals surface area (Å²) in [5.41, 5.74) is 10.4. The van der Waals surface area contributed by atoms with Gasteiger partial charge in [0.2, 0.25) is 0 Å². The van der Waals surface area contributed by atoms with Crippen molar-refractivity contribution < 1.29 is 13.6 Å². The summed E-state index contributed by atoms with van der Waals surface area (Å²) < 4.78 is 27.2. The number of nitrogens with two attached hydrogens (primary N) is 2. The molecule has 0 saturated carbocycles. The summed E-state index contributed by atoms with van der Waals surface area (Å²) in [6.07, 6.45) is 0. The Morgan fingerprint density at radius 3 is 2.45 bits per heavy atom. The largest absolute Gasteiger partial charge is 0.399 e. The fraction of sp³-hybridized carbons (Fsp3) is 0.467. The third-order valence-electron chi connectivity index (χ3n) is 4.62. The molecule has 0 fully saturated rings.